The molecule has 186 valence electrons. The Labute approximate surface area is 208 Å². The van der Waals surface area contributed by atoms with Crippen molar-refractivity contribution in [2.24, 2.45) is 5.14 Å². The first-order valence-corrected chi connectivity index (χ1v) is 13.7. The molecule has 1 aromatic heterocycles. The fourth-order valence-corrected chi connectivity index (χ4v) is 5.05. The van der Waals surface area contributed by atoms with Gasteiger partial charge in [0, 0.05) is 17.5 Å². The number of benzene rings is 2. The van der Waals surface area contributed by atoms with Gasteiger partial charge in [0.05, 0.1) is 18.3 Å². The fraction of sp³-hybridized carbons (Fsp3) is 0.333. The van der Waals surface area contributed by atoms with Crippen molar-refractivity contribution >= 4 is 27.3 Å². The van der Waals surface area contributed by atoms with Crippen LogP contribution in [0.1, 0.15) is 52.5 Å². The van der Waals surface area contributed by atoms with Gasteiger partial charge in [-0.25, -0.2) is 14.8 Å². The Bertz CT molecular complexity index is 1230. The van der Waals surface area contributed by atoms with Gasteiger partial charge < -0.3 is 14.8 Å². The number of carbonyl (C=O) groups excluding carboxylic acids is 1. The van der Waals surface area contributed by atoms with Crippen molar-refractivity contribution in [3.8, 4) is 11.5 Å². The second-order valence-electron chi connectivity index (χ2n) is 8.13. The van der Waals surface area contributed by atoms with Gasteiger partial charge in [0.2, 0.25) is 0 Å². The monoisotopic (exact) mass is 516 g/mol. The maximum Gasteiger partial charge on any atom is 0.274 e. The molecular formula is C24H28N4O5S2. The predicted octanol–water partition coefficient (Wildman–Crippen LogP) is 3.13. The molecule has 4 rings (SSSR count). The number of nitrogens with zero attached hydrogens (tertiary/aromatic N) is 1. The van der Waals surface area contributed by atoms with Gasteiger partial charge >= 0.3 is 0 Å². The quantitative estimate of drug-likeness (QED) is 0.249. The maximum absolute atomic E-state index is 12.6. The molecule has 0 bridgehead atoms. The van der Waals surface area contributed by atoms with Crippen LogP contribution in [-0.4, -0.2) is 38.9 Å². The molecule has 2 unspecified atom stereocenters. The molecule has 35 heavy (non-hydrogen) atoms. The van der Waals surface area contributed by atoms with Crippen LogP contribution >= 0.6 is 11.3 Å². The number of nitrogens with one attached hydrogen (secondary N) is 2. The largest absolute Gasteiger partial charge is 0.485 e. The summed E-state index contributed by atoms with van der Waals surface area (Å²) in [6.07, 6.45) is 1.68. The number of carbonyl (C=O) groups is 1. The van der Waals surface area contributed by atoms with Crippen molar-refractivity contribution in [1.82, 2.24) is 15.0 Å². The average Bonchev–Trinajstić information content (AvgIpc) is 3.35. The number of rotatable bonds is 12. The van der Waals surface area contributed by atoms with E-state index in [0.717, 1.165) is 10.7 Å². The van der Waals surface area contributed by atoms with Crippen LogP contribution in [0.3, 0.4) is 0 Å². The summed E-state index contributed by atoms with van der Waals surface area (Å²) in [4.78, 5) is 17.4. The Morgan fingerprint density at radius 2 is 1.86 bits per heavy atom. The van der Waals surface area contributed by atoms with Crippen molar-refractivity contribution in [2.75, 3.05) is 19.7 Å². The zero-order valence-electron chi connectivity index (χ0n) is 19.1. The molecule has 2 aromatic carbocycles. The van der Waals surface area contributed by atoms with E-state index in [4.69, 9.17) is 19.6 Å². The molecule has 0 amide bonds. The average molecular weight is 517 g/mol. The summed E-state index contributed by atoms with van der Waals surface area (Å²) in [6, 6.07) is 16.5. The zero-order chi connectivity index (χ0) is 24.7. The Balaban J connectivity index is 1.41. The summed E-state index contributed by atoms with van der Waals surface area (Å²) in [5.74, 6) is 1.39. The van der Waals surface area contributed by atoms with Crippen molar-refractivity contribution < 1.29 is 22.7 Å². The number of Topliss-reactive ketones (excluding diaryl/α,β-unsaturated/α-hetero) is 1. The molecule has 0 fully saturated rings. The smallest absolute Gasteiger partial charge is 0.274 e. The second-order valence-corrected chi connectivity index (χ2v) is 10.4. The first-order chi connectivity index (χ1) is 16.9. The predicted molar refractivity (Wildman–Crippen MR) is 134 cm³/mol. The number of thiazole rings is 1. The third-order valence-electron chi connectivity index (χ3n) is 5.51. The van der Waals surface area contributed by atoms with Crippen molar-refractivity contribution in [1.29, 1.82) is 0 Å². The zero-order valence-corrected chi connectivity index (χ0v) is 20.7. The summed E-state index contributed by atoms with van der Waals surface area (Å²) >= 11 is 1.49. The molecule has 2 heterocycles. The van der Waals surface area contributed by atoms with Gasteiger partial charge in [0.25, 0.3) is 10.2 Å². The number of fused-ring (bicyclic) bond motifs is 1. The van der Waals surface area contributed by atoms with E-state index in [1.165, 1.54) is 11.3 Å². The number of ketones is 1. The van der Waals surface area contributed by atoms with Gasteiger partial charge in [-0.15, -0.1) is 11.3 Å². The van der Waals surface area contributed by atoms with Gasteiger partial charge in [-0.2, -0.15) is 8.42 Å². The molecule has 2 atom stereocenters. The van der Waals surface area contributed by atoms with Crippen LogP contribution in [0, 0.1) is 0 Å². The number of nitrogens with two attached hydrogens (primary N) is 1. The van der Waals surface area contributed by atoms with E-state index in [1.807, 2.05) is 47.8 Å². The summed E-state index contributed by atoms with van der Waals surface area (Å²) in [5, 5.41) is 11.1. The number of para-hydroxylation sites is 2. The van der Waals surface area contributed by atoms with E-state index in [-0.39, 0.29) is 31.0 Å². The van der Waals surface area contributed by atoms with E-state index >= 15 is 0 Å². The highest BCUT2D eigenvalue weighted by Crippen LogP contribution is 2.37. The van der Waals surface area contributed by atoms with Gasteiger partial charge in [-0.05, 0) is 25.0 Å². The number of aromatic nitrogens is 1. The van der Waals surface area contributed by atoms with Crippen molar-refractivity contribution in [2.45, 2.75) is 31.4 Å². The van der Waals surface area contributed by atoms with E-state index in [2.05, 4.69) is 10.0 Å². The minimum absolute atomic E-state index is 0.0115. The third kappa shape index (κ3) is 7.33. The van der Waals surface area contributed by atoms with E-state index in [0.29, 0.717) is 42.9 Å². The van der Waals surface area contributed by atoms with E-state index < -0.39 is 10.2 Å². The molecule has 11 heteroatoms. The summed E-state index contributed by atoms with van der Waals surface area (Å²) in [6.45, 7) is 0.782. The third-order valence-corrected chi connectivity index (χ3v) is 7.07. The van der Waals surface area contributed by atoms with Crippen LogP contribution in [0.5, 0.6) is 11.5 Å². The van der Waals surface area contributed by atoms with Crippen LogP contribution in [0.25, 0.3) is 0 Å². The molecule has 0 aliphatic carbocycles. The first-order valence-electron chi connectivity index (χ1n) is 11.3. The SMILES string of the molecule is NS(=O)(=O)NCCCCC(NCC(=O)c1ccccc1)c1csc(C2COc3ccccc3O2)n1. The van der Waals surface area contributed by atoms with Crippen LogP contribution in [0.15, 0.2) is 60.0 Å². The highest BCUT2D eigenvalue weighted by Gasteiger charge is 2.26. The Morgan fingerprint density at radius 3 is 2.63 bits per heavy atom. The minimum atomic E-state index is -3.71. The van der Waals surface area contributed by atoms with Crippen LogP contribution in [-0.2, 0) is 10.2 Å². The molecule has 1 aliphatic heterocycles. The first kappa shape index (κ1) is 25.3. The lowest BCUT2D eigenvalue weighted by Crippen LogP contribution is -2.31. The number of unbranched alkanes of at least 4 members (excludes halogenated alkanes) is 1. The van der Waals surface area contributed by atoms with Gasteiger partial charge in [0.1, 0.15) is 11.6 Å². The lowest BCUT2D eigenvalue weighted by Gasteiger charge is -2.25. The molecule has 0 saturated carbocycles. The molecule has 0 radical (unpaired) electrons. The molecule has 1 aliphatic rings. The van der Waals surface area contributed by atoms with Crippen LogP contribution in [0.4, 0.5) is 0 Å². The minimum Gasteiger partial charge on any atom is -0.485 e. The topological polar surface area (TPSA) is 133 Å². The molecule has 0 saturated heterocycles. The number of ether oxygens (including phenoxy) is 2. The maximum atomic E-state index is 12.6. The fourth-order valence-electron chi connectivity index (χ4n) is 3.73. The standard InChI is InChI=1S/C24H28N4O5S2/c25-35(30,31)27-13-7-6-10-18(26-14-20(29)17-8-2-1-3-9-17)19-16-34-24(28-19)23-15-32-21-11-4-5-12-22(21)33-23/h1-5,8-9,11-12,16,18,23,26-27H,6-7,10,13-15H2,(H2,25,30,31). The van der Waals surface area contributed by atoms with Gasteiger partial charge in [-0.1, -0.05) is 48.9 Å². The van der Waals surface area contributed by atoms with Crippen LogP contribution < -0.4 is 24.7 Å². The molecular weight excluding hydrogens is 488 g/mol. The molecule has 3 aromatic rings. The Kier molecular flexibility index (Phi) is 8.47. The van der Waals surface area contributed by atoms with Gasteiger partial charge in [-0.3, -0.25) is 4.79 Å². The van der Waals surface area contributed by atoms with Crippen molar-refractivity contribution in [3.05, 3.63) is 76.2 Å². The summed E-state index contributed by atoms with van der Waals surface area (Å²) in [7, 11) is -3.71. The summed E-state index contributed by atoms with van der Waals surface area (Å²) < 4.78 is 36.4. The number of hydrogen-bond donors (Lipinski definition) is 3. The molecule has 4 N–H and O–H groups in total. The van der Waals surface area contributed by atoms with E-state index in [9.17, 15) is 13.2 Å². The second kappa shape index (κ2) is 11.7. The Morgan fingerprint density at radius 1 is 1.11 bits per heavy atom. The lowest BCUT2D eigenvalue weighted by atomic mass is 10.1. The lowest BCUT2D eigenvalue weighted by molar-refractivity contribution is 0.0909. The van der Waals surface area contributed by atoms with E-state index in [1.54, 1.807) is 12.1 Å². The highest BCUT2D eigenvalue weighted by atomic mass is 32.2. The highest BCUT2D eigenvalue weighted by molar-refractivity contribution is 7.87. The molecule has 9 nitrogen and oxygen atoms in total. The normalized spacial score (nSPS) is 16.1. The number of hydrogen-bond acceptors (Lipinski definition) is 8. The summed E-state index contributed by atoms with van der Waals surface area (Å²) in [5.41, 5.74) is 1.45. The molecule has 0 spiro atoms. The van der Waals surface area contributed by atoms with Gasteiger partial charge in [0.15, 0.2) is 23.4 Å². The van der Waals surface area contributed by atoms with Crippen LogP contribution in [0.2, 0.25) is 0 Å². The van der Waals surface area contributed by atoms with Crippen molar-refractivity contribution in [3.63, 3.8) is 0 Å². The Hall–Kier alpha value is -2.83.